The van der Waals surface area contributed by atoms with Crippen molar-refractivity contribution in [3.63, 3.8) is 0 Å². The fourth-order valence-corrected chi connectivity index (χ4v) is 5.07. The largest absolute Gasteiger partial charge is 0.400 e. The van der Waals surface area contributed by atoms with Gasteiger partial charge in [0.25, 0.3) is 0 Å². The predicted molar refractivity (Wildman–Crippen MR) is 146 cm³/mol. The SMILES string of the molecule is C#Cc1ccc(C=O)cc1.C#Cc1ccc(CN2CCSCC2)cc1.C1CCSCC1.CO. The molecule has 0 amide bonds. The Balaban J connectivity index is 0.000000260. The van der Waals surface area contributed by atoms with Crippen LogP contribution >= 0.6 is 23.5 Å². The number of hydrogen-bond donors (Lipinski definition) is 1. The van der Waals surface area contributed by atoms with E-state index in [1.807, 2.05) is 23.9 Å². The summed E-state index contributed by atoms with van der Waals surface area (Å²) in [7, 11) is 1.00. The molecule has 1 N–H and O–H groups in total. The van der Waals surface area contributed by atoms with Gasteiger partial charge in [0, 0.05) is 54.9 Å². The summed E-state index contributed by atoms with van der Waals surface area (Å²) in [5.74, 6) is 10.5. The van der Waals surface area contributed by atoms with Gasteiger partial charge in [0.1, 0.15) is 6.29 Å². The zero-order valence-electron chi connectivity index (χ0n) is 19.5. The van der Waals surface area contributed by atoms with Gasteiger partial charge in [0.2, 0.25) is 0 Å². The van der Waals surface area contributed by atoms with Crippen molar-refractivity contribution in [3.05, 3.63) is 70.8 Å². The van der Waals surface area contributed by atoms with E-state index in [9.17, 15) is 4.79 Å². The number of rotatable bonds is 3. The first-order valence-corrected chi connectivity index (χ1v) is 13.5. The smallest absolute Gasteiger partial charge is 0.150 e. The Morgan fingerprint density at radius 3 is 1.70 bits per heavy atom. The fraction of sp³-hybridized carbons (Fsp3) is 0.393. The Hall–Kier alpha value is -2.15. The molecule has 0 bridgehead atoms. The van der Waals surface area contributed by atoms with E-state index in [2.05, 4.69) is 40.6 Å². The molecule has 0 saturated carbocycles. The minimum absolute atomic E-state index is 0.652. The second-order valence-electron chi connectivity index (χ2n) is 7.29. The number of carbonyl (C=O) groups is 1. The minimum atomic E-state index is 0.652. The molecule has 2 heterocycles. The van der Waals surface area contributed by atoms with E-state index in [0.717, 1.165) is 31.1 Å². The molecule has 0 radical (unpaired) electrons. The van der Waals surface area contributed by atoms with E-state index in [-0.39, 0.29) is 0 Å². The summed E-state index contributed by atoms with van der Waals surface area (Å²) >= 11 is 4.14. The zero-order chi connectivity index (χ0) is 24.2. The van der Waals surface area contributed by atoms with Crippen LogP contribution in [0.15, 0.2) is 48.5 Å². The first-order valence-electron chi connectivity index (χ1n) is 11.1. The molecule has 0 aliphatic carbocycles. The molecule has 2 aromatic rings. The van der Waals surface area contributed by atoms with Gasteiger partial charge in [0.05, 0.1) is 0 Å². The van der Waals surface area contributed by atoms with Gasteiger partial charge in [0.15, 0.2) is 0 Å². The lowest BCUT2D eigenvalue weighted by atomic mass is 10.1. The van der Waals surface area contributed by atoms with Crippen LogP contribution in [-0.4, -0.2) is 59.5 Å². The lowest BCUT2D eigenvalue weighted by Crippen LogP contribution is -2.31. The Morgan fingerprint density at radius 2 is 1.30 bits per heavy atom. The van der Waals surface area contributed by atoms with Crippen molar-refractivity contribution in [1.82, 2.24) is 4.90 Å². The summed E-state index contributed by atoms with van der Waals surface area (Å²) in [4.78, 5) is 12.7. The molecular weight excluding hydrogens is 446 g/mol. The Morgan fingerprint density at radius 1 is 0.818 bits per heavy atom. The van der Waals surface area contributed by atoms with Crippen LogP contribution in [0.25, 0.3) is 0 Å². The van der Waals surface area contributed by atoms with E-state index in [4.69, 9.17) is 18.0 Å². The van der Waals surface area contributed by atoms with Crippen LogP contribution in [0, 0.1) is 24.7 Å². The summed E-state index contributed by atoms with van der Waals surface area (Å²) in [6.07, 6.45) is 15.6. The van der Waals surface area contributed by atoms with Gasteiger partial charge in [-0.15, -0.1) is 12.8 Å². The number of nitrogens with zero attached hydrogens (tertiary/aromatic N) is 1. The average molecular weight is 482 g/mol. The fourth-order valence-electron chi connectivity index (χ4n) is 3.07. The van der Waals surface area contributed by atoms with Crippen LogP contribution in [0.3, 0.4) is 0 Å². The third kappa shape index (κ3) is 13.2. The van der Waals surface area contributed by atoms with E-state index in [0.29, 0.717) is 5.56 Å². The highest BCUT2D eigenvalue weighted by Crippen LogP contribution is 2.15. The van der Waals surface area contributed by atoms with Gasteiger partial charge in [-0.3, -0.25) is 9.69 Å². The third-order valence-electron chi connectivity index (χ3n) is 4.92. The maximum atomic E-state index is 10.2. The Kier molecular flexibility index (Phi) is 16.9. The monoisotopic (exact) mass is 481 g/mol. The van der Waals surface area contributed by atoms with E-state index in [1.54, 1.807) is 24.3 Å². The summed E-state index contributed by atoms with van der Waals surface area (Å²) in [5, 5.41) is 7.00. The van der Waals surface area contributed by atoms with Crippen molar-refractivity contribution in [3.8, 4) is 24.7 Å². The standard InChI is InChI=1S/C13H15NS.C9H6O.C5H10S.CH4O/c1-2-12-3-5-13(6-4-12)11-14-7-9-15-10-8-14;1-2-8-3-5-9(7-10)6-4-8;1-2-4-6-5-3-1;1-2/h1,3-6H,7-11H2;1,3-7H;1-5H2;2H,1H3. The number of benzene rings is 2. The number of aliphatic hydroxyl groups excluding tert-OH is 1. The number of hydrogen-bond acceptors (Lipinski definition) is 5. The highest BCUT2D eigenvalue weighted by atomic mass is 32.2. The van der Waals surface area contributed by atoms with Crippen molar-refractivity contribution >= 4 is 29.8 Å². The molecule has 5 heteroatoms. The first kappa shape index (κ1) is 28.9. The highest BCUT2D eigenvalue weighted by molar-refractivity contribution is 7.99. The second kappa shape index (κ2) is 19.3. The summed E-state index contributed by atoms with van der Waals surface area (Å²) in [5.41, 5.74) is 3.78. The summed E-state index contributed by atoms with van der Waals surface area (Å²) in [6.45, 7) is 3.48. The van der Waals surface area contributed by atoms with Crippen LogP contribution in [0.2, 0.25) is 0 Å². The normalized spacial score (nSPS) is 14.9. The molecule has 0 spiro atoms. The lowest BCUT2D eigenvalue weighted by Gasteiger charge is -2.26. The van der Waals surface area contributed by atoms with Crippen LogP contribution in [0.4, 0.5) is 0 Å². The van der Waals surface area contributed by atoms with Gasteiger partial charge in [-0.1, -0.05) is 42.5 Å². The molecule has 2 aromatic carbocycles. The van der Waals surface area contributed by atoms with Gasteiger partial charge >= 0.3 is 0 Å². The molecule has 0 aromatic heterocycles. The van der Waals surface area contributed by atoms with Gasteiger partial charge < -0.3 is 5.11 Å². The number of terminal acetylenes is 2. The zero-order valence-corrected chi connectivity index (χ0v) is 21.2. The van der Waals surface area contributed by atoms with Crippen LogP contribution in [0.1, 0.15) is 46.3 Å². The molecule has 4 rings (SSSR count). The quantitative estimate of drug-likeness (QED) is 0.481. The van der Waals surface area contributed by atoms with Gasteiger partial charge in [-0.25, -0.2) is 0 Å². The molecule has 3 nitrogen and oxygen atoms in total. The molecule has 2 aliphatic rings. The Bertz CT molecular complexity index is 830. The number of thioether (sulfide) groups is 2. The van der Waals surface area contributed by atoms with Crippen LogP contribution < -0.4 is 0 Å². The van der Waals surface area contributed by atoms with Crippen molar-refractivity contribution in [2.75, 3.05) is 43.2 Å². The lowest BCUT2D eigenvalue weighted by molar-refractivity contribution is 0.112. The Labute approximate surface area is 208 Å². The summed E-state index contributed by atoms with van der Waals surface area (Å²) in [6, 6.07) is 15.2. The molecule has 2 saturated heterocycles. The molecule has 0 unspecified atom stereocenters. The van der Waals surface area contributed by atoms with Crippen LogP contribution in [0.5, 0.6) is 0 Å². The molecule has 0 atom stereocenters. The van der Waals surface area contributed by atoms with Crippen molar-refractivity contribution in [2.45, 2.75) is 25.8 Å². The predicted octanol–water partition coefficient (Wildman–Crippen LogP) is 5.21. The first-order chi connectivity index (χ1) is 16.2. The molecular formula is C28H35NO2S2. The molecule has 2 aliphatic heterocycles. The highest BCUT2D eigenvalue weighted by Gasteiger charge is 2.10. The average Bonchev–Trinajstić information content (AvgIpc) is 2.92. The topological polar surface area (TPSA) is 40.5 Å². The van der Waals surface area contributed by atoms with Gasteiger partial charge in [-0.2, -0.15) is 23.5 Å². The molecule has 33 heavy (non-hydrogen) atoms. The van der Waals surface area contributed by atoms with E-state index < -0.39 is 0 Å². The van der Waals surface area contributed by atoms with Crippen molar-refractivity contribution in [1.29, 1.82) is 0 Å². The molecule has 2 fully saturated rings. The number of carbonyl (C=O) groups excluding carboxylic acids is 1. The number of aldehydes is 1. The molecule has 176 valence electrons. The van der Waals surface area contributed by atoms with Crippen molar-refractivity contribution in [2.24, 2.45) is 0 Å². The van der Waals surface area contributed by atoms with E-state index in [1.165, 1.54) is 60.9 Å². The van der Waals surface area contributed by atoms with Crippen LogP contribution in [-0.2, 0) is 6.54 Å². The number of aliphatic hydroxyl groups is 1. The third-order valence-corrected chi connectivity index (χ3v) is 7.02. The van der Waals surface area contributed by atoms with Crippen molar-refractivity contribution < 1.29 is 9.90 Å². The second-order valence-corrected chi connectivity index (χ2v) is 9.74. The minimum Gasteiger partial charge on any atom is -0.400 e. The summed E-state index contributed by atoms with van der Waals surface area (Å²) < 4.78 is 0. The van der Waals surface area contributed by atoms with Gasteiger partial charge in [-0.05, 0) is 54.2 Å². The van der Waals surface area contributed by atoms with E-state index >= 15 is 0 Å². The maximum absolute atomic E-state index is 10.2. The maximum Gasteiger partial charge on any atom is 0.150 e.